The highest BCUT2D eigenvalue weighted by Gasteiger charge is 2.40. The second-order valence-electron chi connectivity index (χ2n) is 32.8. The van der Waals surface area contributed by atoms with Gasteiger partial charge in [0, 0.05) is 77.2 Å². The zero-order valence-corrected chi connectivity index (χ0v) is 75.0. The molecule has 16 amide bonds. The molecule has 4 rings (SSSR count). The van der Waals surface area contributed by atoms with Crippen LogP contribution in [0, 0.1) is 11.8 Å². The number of nitrogens with two attached hydrogens (primary N) is 1. The number of aliphatic carboxylic acids is 3. The van der Waals surface area contributed by atoms with E-state index in [1.54, 1.807) is 50.8 Å². The van der Waals surface area contributed by atoms with Crippen LogP contribution in [-0.4, -0.2) is 300 Å². The van der Waals surface area contributed by atoms with E-state index in [1.807, 2.05) is 0 Å². The molecular weight excluding hydrogens is 1730 g/mol. The molecule has 1 heterocycles. The molecule has 0 aromatic heterocycles. The van der Waals surface area contributed by atoms with Crippen molar-refractivity contribution in [2.24, 2.45) is 17.6 Å². The number of likely N-dealkylation sites (tertiary alicyclic amines) is 1. The number of unbranched alkanes of at least 4 members (excludes halogenated alkanes) is 1. The largest absolute Gasteiger partial charge is 0.508 e. The molecule has 45 heteroatoms. The number of phenols is 2. The van der Waals surface area contributed by atoms with Gasteiger partial charge in [0.2, 0.25) is 94.5 Å². The number of aromatic hydroxyl groups is 2. The van der Waals surface area contributed by atoms with Crippen LogP contribution in [-0.2, 0) is 110 Å². The van der Waals surface area contributed by atoms with E-state index in [-0.39, 0.29) is 74.1 Å². The third-order valence-electron chi connectivity index (χ3n) is 21.3. The third-order valence-corrected chi connectivity index (χ3v) is 21.3. The van der Waals surface area contributed by atoms with E-state index in [2.05, 4.69) is 79.8 Å². The Morgan fingerprint density at radius 2 is 0.848 bits per heavy atom. The van der Waals surface area contributed by atoms with E-state index in [0.29, 0.717) is 49.9 Å². The van der Waals surface area contributed by atoms with Gasteiger partial charge in [0.05, 0.1) is 38.2 Å². The molecule has 26 N–H and O–H groups in total. The standard InChI is InChI=1S/C87H129N17O28/c1-8-48(4)73(85(130)98-61(42-54-23-27-56(110)28-24-54)80(125)94-59(39-47(2)3)79(124)97-63(43-71(117)118)78(123)91-49(5)17-14-15-34-88)102-84(129)65(46-106)100-81(126)60(41-53-21-25-55(109)26-22-53)95-82(127)64(44-72(119)120)96-77(122)58(33-38-105)93-87(132)75(51(7)108)103-83(128)62(40-52-18-11-9-12-19-52)99-86(131)74(50(6)107)101-68(113)45-90-76(121)57(29-30-70(115)116)92-67(112)31-35-89-66(111)32-37-104-36-16-10-13-20-69(104)114/h9,11-12,18-19,21-28,47-51,57-65,73-75,105-110H,8,10,13-17,20,29-46,88H2,1-7H3,(H,89,111)(H,90,121)(H,91,123)(H,92,112)(H,93,132)(H,94,125)(H,95,127)(H,96,122)(H,97,124)(H,98,130)(H,99,131)(H,100,126)(H,101,113)(H,102,129)(H,103,128)(H,115,116)(H,117,118)(H,119,120)/t48-,49+,50+,51+,57-,58-,59-,60-,61-,62-,63-,64-,65-,73-,74-,75-/m0/s1. The normalized spacial score (nSPS) is 15.6. The summed E-state index contributed by atoms with van der Waals surface area (Å²) in [5, 5.41) is 128. The Labute approximate surface area is 762 Å². The van der Waals surface area contributed by atoms with E-state index in [4.69, 9.17) is 5.73 Å². The summed E-state index contributed by atoms with van der Waals surface area (Å²) >= 11 is 0. The molecule has 132 heavy (non-hydrogen) atoms. The van der Waals surface area contributed by atoms with Gasteiger partial charge in [-0.3, -0.25) is 91.1 Å². The van der Waals surface area contributed by atoms with E-state index in [9.17, 15) is 137 Å². The zero-order valence-electron chi connectivity index (χ0n) is 75.0. The van der Waals surface area contributed by atoms with Crippen LogP contribution in [0.3, 0.4) is 0 Å². The number of carboxylic acids is 3. The van der Waals surface area contributed by atoms with Crippen molar-refractivity contribution in [1.29, 1.82) is 0 Å². The van der Waals surface area contributed by atoms with Gasteiger partial charge in [0.1, 0.15) is 84.0 Å². The van der Waals surface area contributed by atoms with Crippen molar-refractivity contribution in [3.05, 3.63) is 95.6 Å². The Kier molecular flexibility index (Phi) is 48.8. The Balaban J connectivity index is 1.54. The zero-order chi connectivity index (χ0) is 98.4. The molecule has 0 radical (unpaired) electrons. The molecule has 45 nitrogen and oxygen atoms in total. The summed E-state index contributed by atoms with van der Waals surface area (Å²) in [6.45, 7) is 8.16. The molecule has 0 unspecified atom stereocenters. The number of amides is 16. The quantitative estimate of drug-likeness (QED) is 0.0235. The Morgan fingerprint density at radius 3 is 1.35 bits per heavy atom. The van der Waals surface area contributed by atoms with Crippen molar-refractivity contribution in [2.75, 3.05) is 45.9 Å². The Bertz CT molecular complexity index is 4370. The predicted octanol–water partition coefficient (Wildman–Crippen LogP) is -4.97. The van der Waals surface area contributed by atoms with Gasteiger partial charge in [-0.1, -0.05) is 102 Å². The molecule has 0 bridgehead atoms. The lowest BCUT2D eigenvalue weighted by atomic mass is 9.96. The molecule has 1 aliphatic rings. The van der Waals surface area contributed by atoms with Crippen molar-refractivity contribution in [3.8, 4) is 11.5 Å². The molecule has 1 saturated heterocycles. The van der Waals surface area contributed by atoms with Crippen LogP contribution in [0.25, 0.3) is 0 Å². The number of benzene rings is 3. The second kappa shape index (κ2) is 57.9. The summed E-state index contributed by atoms with van der Waals surface area (Å²) in [5.41, 5.74) is 6.51. The maximum absolute atomic E-state index is 14.7. The minimum absolute atomic E-state index is 0.0389. The minimum Gasteiger partial charge on any atom is -0.508 e. The van der Waals surface area contributed by atoms with Gasteiger partial charge in [-0.2, -0.15) is 0 Å². The first-order chi connectivity index (χ1) is 62.4. The van der Waals surface area contributed by atoms with Crippen LogP contribution in [0.4, 0.5) is 0 Å². The molecule has 0 spiro atoms. The highest BCUT2D eigenvalue weighted by Crippen LogP contribution is 2.19. The molecule has 1 aliphatic heterocycles. The van der Waals surface area contributed by atoms with Crippen LogP contribution < -0.4 is 85.5 Å². The summed E-state index contributed by atoms with van der Waals surface area (Å²) in [5.74, 6) is -22.6. The molecule has 3 aromatic carbocycles. The maximum Gasteiger partial charge on any atom is 0.305 e. The van der Waals surface area contributed by atoms with Gasteiger partial charge in [0.25, 0.3) is 0 Å². The average Bonchev–Trinajstić information content (AvgIpc) is 1.000. The van der Waals surface area contributed by atoms with E-state index >= 15 is 0 Å². The number of phenolic OH excluding ortho intramolecular Hbond substituents is 2. The van der Waals surface area contributed by atoms with Gasteiger partial charge < -0.3 is 136 Å². The first kappa shape index (κ1) is 111. The molecule has 1 fully saturated rings. The monoisotopic (exact) mass is 1860 g/mol. The number of nitrogens with one attached hydrogen (secondary N) is 15. The lowest BCUT2D eigenvalue weighted by molar-refractivity contribution is -0.142. The highest BCUT2D eigenvalue weighted by molar-refractivity contribution is 6.01. The first-order valence-electron chi connectivity index (χ1n) is 43.7. The second-order valence-corrected chi connectivity index (χ2v) is 32.8. The van der Waals surface area contributed by atoms with Crippen molar-refractivity contribution in [3.63, 3.8) is 0 Å². The minimum atomic E-state index is -2.20. The summed E-state index contributed by atoms with van der Waals surface area (Å²) in [4.78, 5) is 260. The molecule has 3 aromatic rings. The predicted molar refractivity (Wildman–Crippen MR) is 470 cm³/mol. The summed E-state index contributed by atoms with van der Waals surface area (Å²) in [6, 6.07) is -3.87. The van der Waals surface area contributed by atoms with Gasteiger partial charge in [-0.05, 0) is 125 Å². The first-order valence-corrected chi connectivity index (χ1v) is 43.7. The number of carboxylic acid groups (broad SMARTS) is 3. The smallest absolute Gasteiger partial charge is 0.305 e. The van der Waals surface area contributed by atoms with Crippen molar-refractivity contribution < 1.29 is 137 Å². The van der Waals surface area contributed by atoms with E-state index in [1.165, 1.54) is 67.6 Å². The number of aliphatic hydroxyl groups is 4. The van der Waals surface area contributed by atoms with Gasteiger partial charge >= 0.3 is 17.9 Å². The number of aliphatic hydroxyl groups excluding tert-OH is 4. The van der Waals surface area contributed by atoms with Gasteiger partial charge in [-0.15, -0.1) is 0 Å². The lowest BCUT2D eigenvalue weighted by Crippen LogP contribution is -2.63. The fourth-order valence-electron chi connectivity index (χ4n) is 13.7. The summed E-state index contributed by atoms with van der Waals surface area (Å²) in [7, 11) is 0. The van der Waals surface area contributed by atoms with Crippen LogP contribution in [0.15, 0.2) is 78.9 Å². The maximum atomic E-state index is 14.7. The van der Waals surface area contributed by atoms with Gasteiger partial charge in [0.15, 0.2) is 0 Å². The fraction of sp³-hybridized carbons (Fsp3) is 0.575. The number of carbonyl (C=O) groups excluding carboxylic acids is 16. The number of nitrogens with zero attached hydrogens (tertiary/aromatic N) is 1. The molecule has 16 atom stereocenters. The van der Waals surface area contributed by atoms with Crippen LogP contribution in [0.5, 0.6) is 11.5 Å². The number of rotatable bonds is 59. The van der Waals surface area contributed by atoms with Crippen molar-refractivity contribution in [1.82, 2.24) is 84.7 Å². The molecule has 730 valence electrons. The summed E-state index contributed by atoms with van der Waals surface area (Å²) < 4.78 is 0. The topological polar surface area (TPSA) is 716 Å². The van der Waals surface area contributed by atoms with Crippen LogP contribution in [0.1, 0.15) is 168 Å². The Hall–Kier alpha value is -13.0. The number of carbonyl (C=O) groups is 19. The lowest BCUT2D eigenvalue weighted by Gasteiger charge is -2.30. The van der Waals surface area contributed by atoms with E-state index < -0.39 is 268 Å². The van der Waals surface area contributed by atoms with Crippen LogP contribution >= 0.6 is 0 Å². The fourth-order valence-corrected chi connectivity index (χ4v) is 13.7. The Morgan fingerprint density at radius 1 is 0.409 bits per heavy atom. The van der Waals surface area contributed by atoms with Crippen molar-refractivity contribution >= 4 is 112 Å². The third kappa shape index (κ3) is 41.0. The highest BCUT2D eigenvalue weighted by atomic mass is 16.4. The van der Waals surface area contributed by atoms with Crippen LogP contribution in [0.2, 0.25) is 0 Å². The van der Waals surface area contributed by atoms with Crippen molar-refractivity contribution in [2.45, 2.75) is 261 Å². The number of hydrogen-bond donors (Lipinski definition) is 25. The van der Waals surface area contributed by atoms with E-state index in [0.717, 1.165) is 33.1 Å². The SMILES string of the molecule is CC[C@H](C)[C@H](NC(=O)[C@H](CO)NC(=O)[C@H](Cc1ccc(O)cc1)NC(=O)[C@H](CC(=O)O)NC(=O)[C@H](CCO)NC(=O)[C@@H](NC(=O)[C@H](Cc1ccccc1)NC(=O)[C@@H](NC(=O)CNC(=O)[C@H](CCC(=O)O)NC(=O)CCNC(=O)CCN1CCCCCC1=O)[C@@H](C)O)[C@@H](C)O)C(=O)N[C@@H](Cc1ccc(O)cc1)C(=O)N[C@@H](CC(C)C)C(=O)N[C@@H](CC(=O)O)C(=O)N[C@H](C)CCCCN. The molecule has 0 saturated carbocycles. The average molecular weight is 1860 g/mol. The summed E-state index contributed by atoms with van der Waals surface area (Å²) in [6.07, 6.45) is -4.61. The molecule has 0 aliphatic carbocycles. The molecular formula is C87H129N17O28. The van der Waals surface area contributed by atoms with Gasteiger partial charge in [-0.25, -0.2) is 0 Å². The number of hydrogen-bond acceptors (Lipinski definition) is 26.